The Morgan fingerprint density at radius 1 is 0.688 bits per heavy atom. The van der Waals surface area contributed by atoms with Crippen molar-refractivity contribution >= 4 is 0 Å². The first-order valence-corrected chi connectivity index (χ1v) is 6.44. The van der Waals surface area contributed by atoms with Crippen molar-refractivity contribution in [3.05, 3.63) is 0 Å². The maximum atomic E-state index is 8.82. The highest BCUT2D eigenvalue weighted by Crippen LogP contribution is 1.96. The van der Waals surface area contributed by atoms with E-state index in [1.165, 1.54) is 0 Å². The highest BCUT2D eigenvalue weighted by molar-refractivity contribution is 4.62. The van der Waals surface area contributed by atoms with E-state index in [0.29, 0.717) is 0 Å². The van der Waals surface area contributed by atoms with Gasteiger partial charge in [-0.15, -0.1) is 0 Å². The van der Waals surface area contributed by atoms with E-state index in [9.17, 15) is 0 Å². The molecule has 0 rings (SSSR count). The van der Waals surface area contributed by atoms with Gasteiger partial charge in [-0.3, -0.25) is 0 Å². The maximum Gasteiger partial charge on any atom is 0.0443 e. The molecular weight excluding hydrogens is 204 g/mol. The van der Waals surface area contributed by atoms with Crippen LogP contribution in [0, 0.1) is 0 Å². The monoisotopic (exact) mass is 232 g/mol. The third-order valence-corrected chi connectivity index (χ3v) is 2.89. The normalized spacial score (nSPS) is 11.6. The summed E-state index contributed by atoms with van der Waals surface area (Å²) in [6, 6.07) is 0. The number of aliphatic hydroxyl groups excluding tert-OH is 2. The largest absolute Gasteiger partial charge is 0.396 e. The molecule has 0 bridgehead atoms. The molecule has 0 spiro atoms. The van der Waals surface area contributed by atoms with E-state index in [-0.39, 0.29) is 13.2 Å². The van der Waals surface area contributed by atoms with Crippen molar-refractivity contribution in [2.45, 2.75) is 26.7 Å². The minimum absolute atomic E-state index is 0.251. The van der Waals surface area contributed by atoms with Crippen LogP contribution < -0.4 is 0 Å². The molecule has 0 aliphatic carbocycles. The fourth-order valence-electron chi connectivity index (χ4n) is 1.75. The van der Waals surface area contributed by atoms with Gasteiger partial charge in [-0.05, 0) is 25.9 Å². The van der Waals surface area contributed by atoms with E-state index < -0.39 is 0 Å². The molecule has 0 saturated heterocycles. The highest BCUT2D eigenvalue weighted by atomic mass is 16.3. The van der Waals surface area contributed by atoms with Crippen LogP contribution >= 0.6 is 0 Å². The minimum Gasteiger partial charge on any atom is -0.396 e. The lowest BCUT2D eigenvalue weighted by Crippen LogP contribution is -2.36. The van der Waals surface area contributed by atoms with Gasteiger partial charge >= 0.3 is 0 Å². The van der Waals surface area contributed by atoms with Gasteiger partial charge in [0.05, 0.1) is 0 Å². The second-order valence-corrected chi connectivity index (χ2v) is 4.02. The van der Waals surface area contributed by atoms with Crippen LogP contribution in [0.2, 0.25) is 0 Å². The predicted molar refractivity (Wildman–Crippen MR) is 67.6 cm³/mol. The van der Waals surface area contributed by atoms with Crippen molar-refractivity contribution in [1.82, 2.24) is 9.80 Å². The van der Waals surface area contributed by atoms with Gasteiger partial charge in [-0.1, -0.05) is 13.8 Å². The molecule has 0 unspecified atom stereocenters. The lowest BCUT2D eigenvalue weighted by Gasteiger charge is -2.25. The summed E-state index contributed by atoms with van der Waals surface area (Å²) in [5, 5.41) is 17.6. The van der Waals surface area contributed by atoms with Gasteiger partial charge in [0.1, 0.15) is 0 Å². The summed E-state index contributed by atoms with van der Waals surface area (Å²) in [6.07, 6.45) is 1.65. The van der Waals surface area contributed by atoms with Crippen molar-refractivity contribution in [3.63, 3.8) is 0 Å². The Labute approximate surface area is 99.9 Å². The molecule has 0 aliphatic heterocycles. The summed E-state index contributed by atoms with van der Waals surface area (Å²) in [4.78, 5) is 4.72. The summed E-state index contributed by atoms with van der Waals surface area (Å²) < 4.78 is 0. The van der Waals surface area contributed by atoms with E-state index in [2.05, 4.69) is 23.6 Å². The standard InChI is InChI=1S/C12H28N2O2/c1-3-13(4-2)9-10-14(7-5-11-15)8-6-12-16/h15-16H,3-12H2,1-2H3. The molecule has 16 heavy (non-hydrogen) atoms. The summed E-state index contributed by atoms with van der Waals surface area (Å²) in [5.41, 5.74) is 0. The molecule has 0 amide bonds. The first kappa shape index (κ1) is 15.8. The zero-order chi connectivity index (χ0) is 12.2. The van der Waals surface area contributed by atoms with Crippen molar-refractivity contribution in [2.75, 3.05) is 52.5 Å². The summed E-state index contributed by atoms with van der Waals surface area (Å²) in [7, 11) is 0. The molecule has 0 atom stereocenters. The van der Waals surface area contributed by atoms with Crippen LogP contribution in [-0.4, -0.2) is 72.5 Å². The summed E-state index contributed by atoms with van der Waals surface area (Å²) in [6.45, 7) is 11.0. The van der Waals surface area contributed by atoms with Gasteiger partial charge in [0.2, 0.25) is 0 Å². The quantitative estimate of drug-likeness (QED) is 0.541. The fraction of sp³-hybridized carbons (Fsp3) is 1.00. The molecule has 0 fully saturated rings. The second-order valence-electron chi connectivity index (χ2n) is 4.02. The lowest BCUT2D eigenvalue weighted by atomic mass is 10.3. The number of hydrogen-bond donors (Lipinski definition) is 2. The van der Waals surface area contributed by atoms with Crippen molar-refractivity contribution in [3.8, 4) is 0 Å². The molecule has 0 aromatic heterocycles. The Morgan fingerprint density at radius 3 is 1.50 bits per heavy atom. The molecule has 0 aromatic rings. The number of hydrogen-bond acceptors (Lipinski definition) is 4. The third kappa shape index (κ3) is 8.05. The van der Waals surface area contributed by atoms with E-state index in [0.717, 1.165) is 52.1 Å². The lowest BCUT2D eigenvalue weighted by molar-refractivity contribution is 0.178. The number of likely N-dealkylation sites (N-methyl/N-ethyl adjacent to an activating group) is 1. The van der Waals surface area contributed by atoms with Crippen LogP contribution in [0.15, 0.2) is 0 Å². The molecule has 0 aromatic carbocycles. The SMILES string of the molecule is CCN(CC)CCN(CCCO)CCCO. The van der Waals surface area contributed by atoms with Crippen LogP contribution in [0.1, 0.15) is 26.7 Å². The molecule has 4 nitrogen and oxygen atoms in total. The van der Waals surface area contributed by atoms with E-state index >= 15 is 0 Å². The number of aliphatic hydroxyl groups is 2. The average molecular weight is 232 g/mol. The highest BCUT2D eigenvalue weighted by Gasteiger charge is 2.06. The minimum atomic E-state index is 0.251. The maximum absolute atomic E-state index is 8.82. The van der Waals surface area contributed by atoms with Crippen LogP contribution in [-0.2, 0) is 0 Å². The topological polar surface area (TPSA) is 46.9 Å². The predicted octanol–water partition coefficient (Wildman–Crippen LogP) is 0.395. The number of nitrogens with zero attached hydrogens (tertiary/aromatic N) is 2. The van der Waals surface area contributed by atoms with Gasteiger partial charge in [-0.2, -0.15) is 0 Å². The van der Waals surface area contributed by atoms with Crippen LogP contribution in [0.25, 0.3) is 0 Å². The van der Waals surface area contributed by atoms with Crippen LogP contribution in [0.3, 0.4) is 0 Å². The van der Waals surface area contributed by atoms with Crippen LogP contribution in [0.5, 0.6) is 0 Å². The van der Waals surface area contributed by atoms with Gasteiger partial charge < -0.3 is 20.0 Å². The summed E-state index contributed by atoms with van der Waals surface area (Å²) in [5.74, 6) is 0. The Bertz CT molecular complexity index is 133. The average Bonchev–Trinajstić information content (AvgIpc) is 2.32. The Balaban J connectivity index is 3.79. The summed E-state index contributed by atoms with van der Waals surface area (Å²) >= 11 is 0. The zero-order valence-corrected chi connectivity index (χ0v) is 10.9. The smallest absolute Gasteiger partial charge is 0.0443 e. The molecule has 4 heteroatoms. The molecule has 98 valence electrons. The van der Waals surface area contributed by atoms with Crippen molar-refractivity contribution in [2.24, 2.45) is 0 Å². The first-order valence-electron chi connectivity index (χ1n) is 6.44. The van der Waals surface area contributed by atoms with Gasteiger partial charge in [0, 0.05) is 39.4 Å². The Hall–Kier alpha value is -0.160. The van der Waals surface area contributed by atoms with E-state index in [1.54, 1.807) is 0 Å². The van der Waals surface area contributed by atoms with E-state index in [1.807, 2.05) is 0 Å². The second kappa shape index (κ2) is 11.3. The van der Waals surface area contributed by atoms with Gasteiger partial charge in [-0.25, -0.2) is 0 Å². The first-order chi connectivity index (χ1) is 7.78. The molecular formula is C12H28N2O2. The van der Waals surface area contributed by atoms with E-state index in [4.69, 9.17) is 10.2 Å². The third-order valence-electron chi connectivity index (χ3n) is 2.89. The van der Waals surface area contributed by atoms with Crippen LogP contribution in [0.4, 0.5) is 0 Å². The van der Waals surface area contributed by atoms with Gasteiger partial charge in [0.15, 0.2) is 0 Å². The Kier molecular flexibility index (Phi) is 11.2. The molecule has 0 aliphatic rings. The van der Waals surface area contributed by atoms with Crippen molar-refractivity contribution in [1.29, 1.82) is 0 Å². The Morgan fingerprint density at radius 2 is 1.12 bits per heavy atom. The zero-order valence-electron chi connectivity index (χ0n) is 10.9. The van der Waals surface area contributed by atoms with Crippen molar-refractivity contribution < 1.29 is 10.2 Å². The molecule has 0 radical (unpaired) electrons. The molecule has 0 saturated carbocycles. The van der Waals surface area contributed by atoms with Gasteiger partial charge in [0.25, 0.3) is 0 Å². The fourth-order valence-corrected chi connectivity index (χ4v) is 1.75. The molecule has 0 heterocycles. The number of rotatable bonds is 11. The molecule has 2 N–H and O–H groups in total.